The molecule has 0 saturated heterocycles. The van der Waals surface area contributed by atoms with Crippen molar-refractivity contribution in [2.24, 2.45) is 0 Å². The van der Waals surface area contributed by atoms with Gasteiger partial charge in [0, 0.05) is 13.2 Å². The molecule has 1 aromatic carbocycles. The highest BCUT2D eigenvalue weighted by atomic mass is 16.5. The number of carbonyl (C=O) groups excluding carboxylic acids is 1. The van der Waals surface area contributed by atoms with Crippen LogP contribution in [0.2, 0.25) is 0 Å². The van der Waals surface area contributed by atoms with E-state index >= 15 is 0 Å². The molecule has 5 nitrogen and oxygen atoms in total. The van der Waals surface area contributed by atoms with Gasteiger partial charge in [0.1, 0.15) is 12.4 Å². The Morgan fingerprint density at radius 2 is 2.10 bits per heavy atom. The van der Waals surface area contributed by atoms with E-state index in [1.54, 1.807) is 36.5 Å². The largest absolute Gasteiger partial charge is 0.491 e. The van der Waals surface area contributed by atoms with Gasteiger partial charge in [0.2, 0.25) is 0 Å². The molecule has 0 aliphatic heterocycles. The number of nitrogens with one attached hydrogen (secondary N) is 1. The van der Waals surface area contributed by atoms with Crippen molar-refractivity contribution in [2.75, 3.05) is 25.5 Å². The molecule has 0 unspecified atom stereocenters. The Labute approximate surface area is 124 Å². The van der Waals surface area contributed by atoms with Crippen molar-refractivity contribution in [3.05, 3.63) is 54.4 Å². The van der Waals surface area contributed by atoms with Gasteiger partial charge in [-0.25, -0.2) is 4.79 Å². The summed E-state index contributed by atoms with van der Waals surface area (Å²) in [5.41, 5.74) is 1.76. The molecule has 1 aromatic heterocycles. The van der Waals surface area contributed by atoms with Crippen molar-refractivity contribution in [2.45, 2.75) is 6.92 Å². The number of rotatable bonds is 5. The van der Waals surface area contributed by atoms with Crippen LogP contribution in [0.25, 0.3) is 0 Å². The number of hydrogen-bond donors (Lipinski definition) is 1. The number of anilines is 1. The second-order valence-corrected chi connectivity index (χ2v) is 4.71. The maximum atomic E-state index is 12.0. The highest BCUT2D eigenvalue weighted by Crippen LogP contribution is 2.15. The van der Waals surface area contributed by atoms with E-state index in [4.69, 9.17) is 4.74 Å². The van der Waals surface area contributed by atoms with E-state index in [-0.39, 0.29) is 6.03 Å². The number of amides is 2. The van der Waals surface area contributed by atoms with Gasteiger partial charge in [-0.2, -0.15) is 0 Å². The van der Waals surface area contributed by atoms with Gasteiger partial charge in [0.25, 0.3) is 0 Å². The second-order valence-electron chi connectivity index (χ2n) is 4.71. The highest BCUT2D eigenvalue weighted by molar-refractivity contribution is 5.88. The van der Waals surface area contributed by atoms with Gasteiger partial charge in [-0.1, -0.05) is 18.2 Å². The van der Waals surface area contributed by atoms with E-state index in [0.717, 1.165) is 11.3 Å². The zero-order chi connectivity index (χ0) is 15.1. The number of likely N-dealkylation sites (N-methyl/N-ethyl adjacent to an activating group) is 1. The summed E-state index contributed by atoms with van der Waals surface area (Å²) in [5.74, 6) is 0.846. The van der Waals surface area contributed by atoms with Crippen LogP contribution in [0.15, 0.2) is 48.8 Å². The van der Waals surface area contributed by atoms with Crippen LogP contribution in [0.1, 0.15) is 5.56 Å². The van der Waals surface area contributed by atoms with E-state index in [1.165, 1.54) is 0 Å². The molecule has 5 heteroatoms. The van der Waals surface area contributed by atoms with E-state index in [1.807, 2.05) is 31.2 Å². The number of aromatic nitrogens is 1. The maximum Gasteiger partial charge on any atom is 0.321 e. The predicted molar refractivity (Wildman–Crippen MR) is 82.6 cm³/mol. The van der Waals surface area contributed by atoms with Crippen LogP contribution < -0.4 is 10.1 Å². The Hall–Kier alpha value is -2.56. The number of pyridine rings is 1. The van der Waals surface area contributed by atoms with Gasteiger partial charge >= 0.3 is 6.03 Å². The molecule has 21 heavy (non-hydrogen) atoms. The van der Waals surface area contributed by atoms with E-state index < -0.39 is 0 Å². The summed E-state index contributed by atoms with van der Waals surface area (Å²) in [6, 6.07) is 11.2. The fraction of sp³-hybridized carbons (Fsp3) is 0.250. The summed E-state index contributed by atoms with van der Waals surface area (Å²) in [7, 11) is 1.73. The molecule has 0 fully saturated rings. The van der Waals surface area contributed by atoms with E-state index in [0.29, 0.717) is 18.8 Å². The number of nitrogens with zero attached hydrogens (tertiary/aromatic N) is 2. The predicted octanol–water partition coefficient (Wildman–Crippen LogP) is 2.93. The number of para-hydroxylation sites is 1. The van der Waals surface area contributed by atoms with Gasteiger partial charge in [-0.15, -0.1) is 0 Å². The summed E-state index contributed by atoms with van der Waals surface area (Å²) in [4.78, 5) is 17.5. The van der Waals surface area contributed by atoms with E-state index in [2.05, 4.69) is 10.3 Å². The molecule has 110 valence electrons. The number of aryl methyl sites for hydroxylation is 1. The Bertz CT molecular complexity index is 587. The third-order valence-electron chi connectivity index (χ3n) is 3.04. The SMILES string of the molecule is Cc1ccccc1OCCN(C)C(=O)Nc1cccnc1. The molecule has 2 rings (SSSR count). The van der Waals surface area contributed by atoms with Crippen molar-refractivity contribution in [1.82, 2.24) is 9.88 Å². The monoisotopic (exact) mass is 285 g/mol. The Balaban J connectivity index is 1.78. The lowest BCUT2D eigenvalue weighted by Gasteiger charge is -2.18. The third-order valence-corrected chi connectivity index (χ3v) is 3.04. The average molecular weight is 285 g/mol. The van der Waals surface area contributed by atoms with Crippen molar-refractivity contribution in [3.8, 4) is 5.75 Å². The first kappa shape index (κ1) is 14.8. The van der Waals surface area contributed by atoms with Crippen LogP contribution in [0.3, 0.4) is 0 Å². The van der Waals surface area contributed by atoms with Crippen molar-refractivity contribution in [3.63, 3.8) is 0 Å². The minimum atomic E-state index is -0.184. The Morgan fingerprint density at radius 3 is 2.81 bits per heavy atom. The van der Waals surface area contributed by atoms with Crippen molar-refractivity contribution < 1.29 is 9.53 Å². The minimum Gasteiger partial charge on any atom is -0.491 e. The van der Waals surface area contributed by atoms with Gasteiger partial charge in [-0.3, -0.25) is 4.98 Å². The molecule has 0 saturated carbocycles. The second kappa shape index (κ2) is 7.28. The fourth-order valence-corrected chi connectivity index (χ4v) is 1.77. The molecule has 2 amide bonds. The first-order chi connectivity index (χ1) is 10.2. The normalized spacial score (nSPS) is 10.0. The van der Waals surface area contributed by atoms with Crippen LogP contribution in [0, 0.1) is 6.92 Å². The Kier molecular flexibility index (Phi) is 5.15. The number of carbonyl (C=O) groups is 1. The molecular formula is C16H19N3O2. The molecule has 1 heterocycles. The lowest BCUT2D eigenvalue weighted by molar-refractivity contribution is 0.207. The van der Waals surface area contributed by atoms with Crippen LogP contribution in [0.5, 0.6) is 5.75 Å². The first-order valence-corrected chi connectivity index (χ1v) is 6.77. The average Bonchev–Trinajstić information content (AvgIpc) is 2.50. The highest BCUT2D eigenvalue weighted by Gasteiger charge is 2.09. The number of ether oxygens (including phenoxy) is 1. The first-order valence-electron chi connectivity index (χ1n) is 6.77. The molecule has 0 aliphatic carbocycles. The molecule has 0 aliphatic rings. The standard InChI is InChI=1S/C16H19N3O2/c1-13-6-3-4-8-15(13)21-11-10-19(2)16(20)18-14-7-5-9-17-12-14/h3-9,12H,10-11H2,1-2H3,(H,18,20). The summed E-state index contributed by atoms with van der Waals surface area (Å²) < 4.78 is 5.67. The van der Waals surface area contributed by atoms with Crippen LogP contribution in [0.4, 0.5) is 10.5 Å². The van der Waals surface area contributed by atoms with Crippen LogP contribution >= 0.6 is 0 Å². The van der Waals surface area contributed by atoms with Gasteiger partial charge < -0.3 is 15.0 Å². The number of hydrogen-bond acceptors (Lipinski definition) is 3. The minimum absolute atomic E-state index is 0.184. The molecule has 0 bridgehead atoms. The van der Waals surface area contributed by atoms with Gasteiger partial charge in [-0.05, 0) is 30.7 Å². The smallest absolute Gasteiger partial charge is 0.321 e. The zero-order valence-corrected chi connectivity index (χ0v) is 12.2. The van der Waals surface area contributed by atoms with Gasteiger partial charge in [0.05, 0.1) is 18.4 Å². The molecule has 0 atom stereocenters. The van der Waals surface area contributed by atoms with Crippen LogP contribution in [-0.2, 0) is 0 Å². The van der Waals surface area contributed by atoms with Gasteiger partial charge in [0.15, 0.2) is 0 Å². The molecule has 1 N–H and O–H groups in total. The van der Waals surface area contributed by atoms with Crippen molar-refractivity contribution >= 4 is 11.7 Å². The van der Waals surface area contributed by atoms with E-state index in [9.17, 15) is 4.79 Å². The fourth-order valence-electron chi connectivity index (χ4n) is 1.77. The zero-order valence-electron chi connectivity index (χ0n) is 12.2. The topological polar surface area (TPSA) is 54.5 Å². The summed E-state index contributed by atoms with van der Waals surface area (Å²) in [6.07, 6.45) is 3.27. The number of benzene rings is 1. The summed E-state index contributed by atoms with van der Waals surface area (Å²) in [6.45, 7) is 2.94. The summed E-state index contributed by atoms with van der Waals surface area (Å²) >= 11 is 0. The molecule has 2 aromatic rings. The summed E-state index contributed by atoms with van der Waals surface area (Å²) in [5, 5.41) is 2.77. The molecule has 0 radical (unpaired) electrons. The molecule has 0 spiro atoms. The molecular weight excluding hydrogens is 266 g/mol. The third kappa shape index (κ3) is 4.49. The lowest BCUT2D eigenvalue weighted by Crippen LogP contribution is -2.34. The van der Waals surface area contributed by atoms with Crippen molar-refractivity contribution in [1.29, 1.82) is 0 Å². The maximum absolute atomic E-state index is 12.0. The Morgan fingerprint density at radius 1 is 1.29 bits per heavy atom. The lowest BCUT2D eigenvalue weighted by atomic mass is 10.2. The van der Waals surface area contributed by atoms with Crippen LogP contribution in [-0.4, -0.2) is 36.1 Å². The number of urea groups is 1. The quantitative estimate of drug-likeness (QED) is 0.919.